The van der Waals surface area contributed by atoms with E-state index < -0.39 is 216 Å². The molecule has 592 valence electrons. The van der Waals surface area contributed by atoms with Crippen LogP contribution in [0.15, 0.2) is 58.7 Å². The van der Waals surface area contributed by atoms with E-state index in [2.05, 4.69) is 74.8 Å². The highest BCUT2D eigenvalue weighted by Crippen LogP contribution is 2.56. The van der Waals surface area contributed by atoms with Gasteiger partial charge in [-0.25, -0.2) is 63.1 Å². The number of aliphatic hydroxyl groups excluding tert-OH is 7. The van der Waals surface area contributed by atoms with Gasteiger partial charge in [0.1, 0.15) is 115 Å². The summed E-state index contributed by atoms with van der Waals surface area (Å²) in [5.41, 5.74) is 24.7. The lowest BCUT2D eigenvalue weighted by molar-refractivity contribution is -0.0642. The number of nitrogen functional groups attached to an aromatic ring is 5. The van der Waals surface area contributed by atoms with Crippen molar-refractivity contribution in [3.63, 3.8) is 0 Å². The van der Waals surface area contributed by atoms with Crippen LogP contribution < -0.4 is 45.3 Å². The lowest BCUT2D eigenvalue weighted by Crippen LogP contribution is -2.38. The maximum atomic E-state index is 14.5. The van der Waals surface area contributed by atoms with Crippen LogP contribution >= 0.6 is 31.3 Å². The molecule has 0 aromatic carbocycles. The van der Waals surface area contributed by atoms with Gasteiger partial charge < -0.3 is 108 Å². The molecule has 5 saturated heterocycles. The van der Waals surface area contributed by atoms with Gasteiger partial charge in [0, 0.05) is 0 Å². The molecule has 0 amide bonds. The first-order chi connectivity index (χ1) is 52.2. The Bertz CT molecular complexity index is 5570. The largest absolute Gasteiger partial charge is 0.472 e. The van der Waals surface area contributed by atoms with Crippen molar-refractivity contribution in [1.82, 2.24) is 97.6 Å². The summed E-state index contributed by atoms with van der Waals surface area (Å²) in [6.45, 7) is -5.93. The SMILES string of the molecule is Nc1nc2c(ncn2[C@@H]2O[C@H](COP(=O)(O)O[C@H]3[C@@H](O)[C@H](n4cnc5c(=O)[nH]c(N)nc54)O[C@@H]3COP(=O)(O)O[C@H]3[C@@H](O)[C@H](n4cnc5c(N)ncnc54)O[C@@H]3COP(=O)(O)O[C@H]3[C@@H](O)[C@H](n4cnc5c(=O)[nH]c(N)nc54)O[C@@H]3COP(=O)(O)O[C@H]3[C@@H](O)[C@H](n4cnc5c(N)ncnc54)O[C@@H]3CO)[C@@H](O)[C@H]2O)c(=O)[nH]1. The predicted molar refractivity (Wildman–Crippen MR) is 352 cm³/mol. The van der Waals surface area contributed by atoms with Crippen LogP contribution in [0.1, 0.15) is 31.1 Å². The van der Waals surface area contributed by atoms with E-state index in [0.717, 1.165) is 62.6 Å². The van der Waals surface area contributed by atoms with Crippen molar-refractivity contribution in [3.8, 4) is 0 Å². The van der Waals surface area contributed by atoms with Gasteiger partial charge in [-0.1, -0.05) is 0 Å². The Kier molecular flexibility index (Phi) is 20.2. The summed E-state index contributed by atoms with van der Waals surface area (Å²) in [6.07, 6.45) is -31.8. The highest BCUT2D eigenvalue weighted by Gasteiger charge is 2.57. The maximum absolute atomic E-state index is 14.5. The number of nitrogens with one attached hydrogen (secondary N) is 3. The molecule has 15 heterocycles. The first-order valence-corrected chi connectivity index (χ1v) is 37.8. The molecule has 5 aliphatic heterocycles. The highest BCUT2D eigenvalue weighted by molar-refractivity contribution is 7.48. The minimum Gasteiger partial charge on any atom is -0.394 e. The van der Waals surface area contributed by atoms with Crippen molar-refractivity contribution in [2.75, 3.05) is 61.7 Å². The summed E-state index contributed by atoms with van der Waals surface area (Å²) in [5, 5.41) is 79.8. The Morgan fingerprint density at radius 1 is 0.364 bits per heavy atom. The molecule has 10 aromatic heterocycles. The average molecular weight is 1630 g/mol. The lowest BCUT2D eigenvalue weighted by atomic mass is 10.1. The number of aromatic amines is 3. The number of rotatable bonds is 26. The van der Waals surface area contributed by atoms with E-state index in [0.29, 0.717) is 0 Å². The molecule has 0 aliphatic carbocycles. The van der Waals surface area contributed by atoms with Crippen molar-refractivity contribution < 1.29 is 133 Å². The molecular weight excluding hydrogens is 1570 g/mol. The van der Waals surface area contributed by atoms with Crippen LogP contribution in [0, 0.1) is 0 Å². The van der Waals surface area contributed by atoms with Crippen LogP contribution in [0.5, 0.6) is 0 Å². The summed E-state index contributed by atoms with van der Waals surface area (Å²) < 4.78 is 134. The lowest BCUT2D eigenvalue weighted by Gasteiger charge is -2.27. The zero-order valence-electron chi connectivity index (χ0n) is 55.0. The number of imidazole rings is 5. The number of aliphatic hydroxyl groups is 7. The van der Waals surface area contributed by atoms with Gasteiger partial charge in [0.05, 0.1) is 64.7 Å². The normalized spacial score (nSPS) is 31.5. The molecule has 0 radical (unpaired) electrons. The molecule has 60 heteroatoms. The third-order valence-corrected chi connectivity index (χ3v) is 21.8. The predicted octanol–water partition coefficient (Wildman–Crippen LogP) is -7.37. The van der Waals surface area contributed by atoms with Gasteiger partial charge in [0.2, 0.25) is 17.8 Å². The Morgan fingerprint density at radius 3 is 0.945 bits per heavy atom. The first kappa shape index (κ1) is 76.5. The molecular formula is C50H61N25O31P4. The van der Waals surface area contributed by atoms with E-state index in [1.807, 2.05) is 0 Å². The molecule has 0 bridgehead atoms. The van der Waals surface area contributed by atoms with Gasteiger partial charge in [0.25, 0.3) is 16.7 Å². The molecule has 10 aromatic rings. The minimum absolute atomic E-state index is 0.0377. The Labute approximate surface area is 605 Å². The summed E-state index contributed by atoms with van der Waals surface area (Å²) in [6, 6.07) is 0. The molecule has 110 heavy (non-hydrogen) atoms. The van der Waals surface area contributed by atoms with E-state index >= 15 is 0 Å². The molecule has 24 atom stereocenters. The van der Waals surface area contributed by atoms with E-state index in [1.54, 1.807) is 0 Å². The van der Waals surface area contributed by atoms with Crippen molar-refractivity contribution in [1.29, 1.82) is 0 Å². The summed E-state index contributed by atoms with van der Waals surface area (Å²) in [4.78, 5) is 139. The third-order valence-electron chi connectivity index (χ3n) is 17.9. The van der Waals surface area contributed by atoms with Crippen LogP contribution in [0.2, 0.25) is 0 Å². The number of hydrogen-bond donors (Lipinski definition) is 19. The monoisotopic (exact) mass is 1630 g/mol. The van der Waals surface area contributed by atoms with E-state index in [9.17, 15) is 88.0 Å². The molecule has 0 saturated carbocycles. The van der Waals surface area contributed by atoms with Gasteiger partial charge in [-0.05, 0) is 0 Å². The van der Waals surface area contributed by atoms with E-state index in [4.69, 9.17) is 88.5 Å². The van der Waals surface area contributed by atoms with Crippen LogP contribution in [-0.2, 0) is 78.1 Å². The number of phosphoric acid groups is 4. The molecule has 56 nitrogen and oxygen atoms in total. The first-order valence-electron chi connectivity index (χ1n) is 31.8. The number of nitrogens with zero attached hydrogens (tertiary/aromatic N) is 17. The van der Waals surface area contributed by atoms with Crippen LogP contribution in [0.4, 0.5) is 29.5 Å². The molecule has 0 spiro atoms. The second-order valence-electron chi connectivity index (χ2n) is 24.8. The number of hydrogen-bond acceptors (Lipinski definition) is 44. The second-order valence-corrected chi connectivity index (χ2v) is 30.4. The zero-order valence-corrected chi connectivity index (χ0v) is 58.6. The zero-order chi connectivity index (χ0) is 78.1. The van der Waals surface area contributed by atoms with Gasteiger partial charge >= 0.3 is 31.3 Å². The second kappa shape index (κ2) is 29.0. The highest BCUT2D eigenvalue weighted by atomic mass is 31.2. The van der Waals surface area contributed by atoms with Crippen LogP contribution in [0.25, 0.3) is 55.8 Å². The number of ether oxygens (including phenoxy) is 5. The van der Waals surface area contributed by atoms with Crippen LogP contribution in [0.3, 0.4) is 0 Å². The minimum atomic E-state index is -5.88. The van der Waals surface area contributed by atoms with Crippen LogP contribution in [-0.4, -0.2) is 278 Å². The quantitative estimate of drug-likeness (QED) is 0.0224. The Balaban J connectivity index is 0.668. The van der Waals surface area contributed by atoms with E-state index in [-0.39, 0.29) is 73.4 Å². The summed E-state index contributed by atoms with van der Waals surface area (Å²) >= 11 is 0. The average Bonchev–Trinajstić information content (AvgIpc) is 1.60. The standard InChI is InChI=1S/C50H61N25O31P4/c51-33-18-35(58-6-56-33)71(8-60-18)44-25(79)29(13(1-76)98-44)103-108(88,89)95-4-16-32(28(82)47(101-16)75-12-64-22-39(75)67-50(55)70-42(22)85)106-110(92,93)96-3-15-30(26(80)45(100-15)72-9-61-19-34(52)57-7-59-36(19)72)105-109(90,91)97-5-17-31(27(81)46(102-17)74-11-63-21-38(74)66-49(54)69-41(21)84)104-107(86,87)94-2-14-23(77)24(78)43(99-14)73-10-62-20-37(73)65-48(53)68-40(20)83/h6-17,23-32,43-47,76-82H,1-5H2,(H,86,87)(H,88,89)(H,90,91)(H,92,93)(H2,51,56,58)(H2,52,57,59)(H3,53,65,68,83)(H3,54,66,69,84)(H3,55,67,70,85)/t13-,14-,15-,16-,17-,23-,24-,25-,26-,27-,28-,29-,30-,31-,32-,43-,44-,45-,46-,47-/m1/s1. The van der Waals surface area contributed by atoms with Crippen molar-refractivity contribution >= 4 is 117 Å². The van der Waals surface area contributed by atoms with Crippen molar-refractivity contribution in [2.24, 2.45) is 0 Å². The number of H-pyrrole nitrogens is 3. The number of anilines is 5. The maximum Gasteiger partial charge on any atom is 0.472 e. The number of aromatic nitrogens is 20. The van der Waals surface area contributed by atoms with Gasteiger partial charge in [0.15, 0.2) is 87.6 Å². The fourth-order valence-electron chi connectivity index (χ4n) is 12.9. The van der Waals surface area contributed by atoms with Gasteiger partial charge in [-0.15, -0.1) is 0 Å². The topological polar surface area (TPSA) is 819 Å². The third kappa shape index (κ3) is 14.3. The molecule has 5 aliphatic rings. The van der Waals surface area contributed by atoms with Gasteiger partial charge in [-0.2, -0.15) is 15.0 Å². The fourth-order valence-corrected chi connectivity index (χ4v) is 16.7. The van der Waals surface area contributed by atoms with Crippen molar-refractivity contribution in [3.05, 3.63) is 75.4 Å². The van der Waals surface area contributed by atoms with Gasteiger partial charge in [-0.3, -0.25) is 88.4 Å². The Hall–Kier alpha value is -8.89. The molecule has 5 fully saturated rings. The fraction of sp³-hybridized carbons (Fsp3) is 0.500. The van der Waals surface area contributed by atoms with E-state index in [1.165, 1.54) is 4.57 Å². The summed E-state index contributed by atoms with van der Waals surface area (Å²) in [5.74, 6) is -1.53. The summed E-state index contributed by atoms with van der Waals surface area (Å²) in [7, 11) is -23.0. The smallest absolute Gasteiger partial charge is 0.394 e. The molecule has 4 unspecified atom stereocenters. The number of phosphoric ester groups is 4. The number of fused-ring (bicyclic) bond motifs is 5. The molecule has 15 rings (SSSR count). The number of nitrogens with two attached hydrogens (primary N) is 5. The molecule has 24 N–H and O–H groups in total. The van der Waals surface area contributed by atoms with Crippen molar-refractivity contribution in [2.45, 2.75) is 123 Å². The Morgan fingerprint density at radius 2 is 0.627 bits per heavy atom.